The molecule has 1 aromatic heterocycles. The van der Waals surface area contributed by atoms with E-state index >= 15 is 0 Å². The monoisotopic (exact) mass is 323 g/mol. The molecule has 6 heteroatoms. The van der Waals surface area contributed by atoms with Gasteiger partial charge in [-0.1, -0.05) is 6.92 Å². The zero-order valence-electron chi connectivity index (χ0n) is 13.4. The molecular formula is C16H25N3O2S. The highest BCUT2D eigenvalue weighted by Gasteiger charge is 2.47. The summed E-state index contributed by atoms with van der Waals surface area (Å²) in [5.74, 6) is -0.672. The molecule has 2 N–H and O–H groups in total. The van der Waals surface area contributed by atoms with Gasteiger partial charge in [-0.15, -0.1) is 11.3 Å². The van der Waals surface area contributed by atoms with Crippen molar-refractivity contribution in [2.24, 2.45) is 5.41 Å². The summed E-state index contributed by atoms with van der Waals surface area (Å²) in [6, 6.07) is -0.342. The van der Waals surface area contributed by atoms with E-state index < -0.39 is 5.97 Å². The minimum absolute atomic E-state index is 0.195. The van der Waals surface area contributed by atoms with Crippen LogP contribution in [0.3, 0.4) is 0 Å². The van der Waals surface area contributed by atoms with Crippen LogP contribution in [0.2, 0.25) is 0 Å². The molecule has 122 valence electrons. The van der Waals surface area contributed by atoms with E-state index in [0.717, 1.165) is 62.6 Å². The van der Waals surface area contributed by atoms with Gasteiger partial charge < -0.3 is 10.4 Å². The van der Waals surface area contributed by atoms with E-state index in [4.69, 9.17) is 0 Å². The molecule has 0 radical (unpaired) electrons. The molecule has 0 amide bonds. The highest BCUT2D eigenvalue weighted by molar-refractivity contribution is 7.11. The van der Waals surface area contributed by atoms with Gasteiger partial charge in [-0.25, -0.2) is 4.98 Å². The Hall–Kier alpha value is -0.980. The third kappa shape index (κ3) is 3.05. The van der Waals surface area contributed by atoms with Gasteiger partial charge in [-0.3, -0.25) is 9.69 Å². The van der Waals surface area contributed by atoms with E-state index in [9.17, 15) is 9.90 Å². The Morgan fingerprint density at radius 2 is 2.23 bits per heavy atom. The Morgan fingerprint density at radius 3 is 2.86 bits per heavy atom. The van der Waals surface area contributed by atoms with Gasteiger partial charge in [0.25, 0.3) is 0 Å². The fraction of sp³-hybridized carbons (Fsp3) is 0.750. The largest absolute Gasteiger partial charge is 0.480 e. The first kappa shape index (κ1) is 15.9. The molecule has 2 saturated heterocycles. The van der Waals surface area contributed by atoms with Crippen LogP contribution in [0.15, 0.2) is 0 Å². The number of hydrogen-bond donors (Lipinski definition) is 2. The van der Waals surface area contributed by atoms with Crippen LogP contribution in [0, 0.1) is 12.3 Å². The van der Waals surface area contributed by atoms with Crippen LogP contribution in [-0.2, 0) is 17.8 Å². The summed E-state index contributed by atoms with van der Waals surface area (Å²) in [5, 5.41) is 14.1. The molecule has 2 aliphatic heterocycles. The van der Waals surface area contributed by atoms with Crippen molar-refractivity contribution < 1.29 is 9.90 Å². The number of nitrogens with one attached hydrogen (secondary N) is 1. The average molecular weight is 323 g/mol. The van der Waals surface area contributed by atoms with Gasteiger partial charge in [0.05, 0.1) is 10.7 Å². The number of nitrogens with zero attached hydrogens (tertiary/aromatic N) is 2. The predicted molar refractivity (Wildman–Crippen MR) is 87.2 cm³/mol. The van der Waals surface area contributed by atoms with Gasteiger partial charge in [0.15, 0.2) is 0 Å². The number of likely N-dealkylation sites (tertiary alicyclic amines) is 1. The standard InChI is InChI=1S/C16H25N3O2S/c1-3-12-14(22-11(2)18-12)9-19-10-16(4-6-17-7-5-16)8-13(19)15(20)21/h13,17H,3-10H2,1-2H3,(H,20,21)/t13-/m1/s1. The zero-order valence-corrected chi connectivity index (χ0v) is 14.2. The number of aliphatic carboxylic acids is 1. The molecule has 1 aromatic rings. The highest BCUT2D eigenvalue weighted by Crippen LogP contribution is 2.43. The second-order valence-electron chi connectivity index (χ2n) is 6.67. The number of hydrogen-bond acceptors (Lipinski definition) is 5. The molecule has 0 saturated carbocycles. The van der Waals surface area contributed by atoms with E-state index in [1.54, 1.807) is 11.3 Å². The topological polar surface area (TPSA) is 65.5 Å². The zero-order chi connectivity index (χ0) is 15.7. The van der Waals surface area contributed by atoms with Crippen molar-refractivity contribution >= 4 is 17.3 Å². The van der Waals surface area contributed by atoms with Crippen LogP contribution in [0.25, 0.3) is 0 Å². The van der Waals surface area contributed by atoms with Crippen molar-refractivity contribution in [2.75, 3.05) is 19.6 Å². The van der Waals surface area contributed by atoms with Gasteiger partial charge in [0, 0.05) is 18.0 Å². The summed E-state index contributed by atoms with van der Waals surface area (Å²) >= 11 is 1.72. The Morgan fingerprint density at radius 1 is 1.50 bits per heavy atom. The number of thiazole rings is 1. The second-order valence-corrected chi connectivity index (χ2v) is 7.96. The quantitative estimate of drug-likeness (QED) is 0.888. The molecule has 0 aliphatic carbocycles. The first-order chi connectivity index (χ1) is 10.5. The fourth-order valence-electron chi connectivity index (χ4n) is 3.97. The van der Waals surface area contributed by atoms with Crippen LogP contribution in [-0.4, -0.2) is 46.6 Å². The number of aryl methyl sites for hydroxylation is 2. The van der Waals surface area contributed by atoms with E-state index in [1.807, 2.05) is 6.92 Å². The molecule has 1 atom stereocenters. The first-order valence-corrected chi connectivity index (χ1v) is 8.97. The Kier molecular flexibility index (Phi) is 4.52. The minimum Gasteiger partial charge on any atom is -0.480 e. The molecule has 1 spiro atoms. The molecule has 2 fully saturated rings. The molecule has 0 aromatic carbocycles. The third-order valence-electron chi connectivity index (χ3n) is 5.12. The first-order valence-electron chi connectivity index (χ1n) is 8.16. The fourth-order valence-corrected chi connectivity index (χ4v) is 5.02. The van der Waals surface area contributed by atoms with Crippen molar-refractivity contribution in [2.45, 2.75) is 52.1 Å². The lowest BCUT2D eigenvalue weighted by Crippen LogP contribution is -2.38. The van der Waals surface area contributed by atoms with Gasteiger partial charge in [-0.2, -0.15) is 0 Å². The maximum Gasteiger partial charge on any atom is 0.320 e. The second kappa shape index (κ2) is 6.26. The van der Waals surface area contributed by atoms with Gasteiger partial charge >= 0.3 is 5.97 Å². The molecule has 0 bridgehead atoms. The lowest BCUT2D eigenvalue weighted by molar-refractivity contribution is -0.142. The predicted octanol–water partition coefficient (Wildman–Crippen LogP) is 2.04. The average Bonchev–Trinajstić information content (AvgIpc) is 3.01. The summed E-state index contributed by atoms with van der Waals surface area (Å²) in [5.41, 5.74) is 1.33. The number of carbonyl (C=O) groups is 1. The van der Waals surface area contributed by atoms with E-state index in [0.29, 0.717) is 0 Å². The lowest BCUT2D eigenvalue weighted by Gasteiger charge is -2.33. The van der Waals surface area contributed by atoms with Gasteiger partial charge in [0.2, 0.25) is 0 Å². The Balaban J connectivity index is 1.79. The highest BCUT2D eigenvalue weighted by atomic mass is 32.1. The Bertz CT molecular complexity index is 552. The number of rotatable bonds is 4. The van der Waals surface area contributed by atoms with Crippen molar-refractivity contribution in [3.63, 3.8) is 0 Å². The van der Waals surface area contributed by atoms with Crippen LogP contribution in [0.1, 0.15) is 41.8 Å². The maximum atomic E-state index is 11.7. The minimum atomic E-state index is -0.672. The number of carboxylic acid groups (broad SMARTS) is 1. The molecule has 3 heterocycles. The summed E-state index contributed by atoms with van der Waals surface area (Å²) in [6.45, 7) is 7.82. The van der Waals surface area contributed by atoms with Crippen molar-refractivity contribution in [1.82, 2.24) is 15.2 Å². The van der Waals surface area contributed by atoms with Crippen molar-refractivity contribution in [1.29, 1.82) is 0 Å². The lowest BCUT2D eigenvalue weighted by atomic mass is 9.77. The molecule has 22 heavy (non-hydrogen) atoms. The number of carboxylic acids is 1. The van der Waals surface area contributed by atoms with Crippen LogP contribution in [0.4, 0.5) is 0 Å². The SMILES string of the molecule is CCc1nc(C)sc1CN1CC2(CCNCC2)C[C@@H]1C(=O)O. The summed E-state index contributed by atoms with van der Waals surface area (Å²) in [4.78, 5) is 19.7. The summed E-state index contributed by atoms with van der Waals surface area (Å²) in [7, 11) is 0. The number of piperidine rings is 1. The normalized spacial score (nSPS) is 24.9. The molecule has 3 rings (SSSR count). The summed E-state index contributed by atoms with van der Waals surface area (Å²) in [6.07, 6.45) is 3.90. The summed E-state index contributed by atoms with van der Waals surface area (Å²) < 4.78 is 0. The number of aromatic nitrogens is 1. The van der Waals surface area contributed by atoms with E-state index in [1.165, 1.54) is 4.88 Å². The van der Waals surface area contributed by atoms with Crippen LogP contribution in [0.5, 0.6) is 0 Å². The smallest absolute Gasteiger partial charge is 0.320 e. The molecule has 0 unspecified atom stereocenters. The van der Waals surface area contributed by atoms with Crippen LogP contribution >= 0.6 is 11.3 Å². The van der Waals surface area contributed by atoms with E-state index in [2.05, 4.69) is 22.1 Å². The molecule has 5 nitrogen and oxygen atoms in total. The van der Waals surface area contributed by atoms with Crippen molar-refractivity contribution in [3.8, 4) is 0 Å². The molecule has 2 aliphatic rings. The van der Waals surface area contributed by atoms with E-state index in [-0.39, 0.29) is 11.5 Å². The molecular weight excluding hydrogens is 298 g/mol. The van der Waals surface area contributed by atoms with Crippen molar-refractivity contribution in [3.05, 3.63) is 15.6 Å². The third-order valence-corrected chi connectivity index (χ3v) is 6.12. The van der Waals surface area contributed by atoms with Crippen LogP contribution < -0.4 is 5.32 Å². The van der Waals surface area contributed by atoms with Gasteiger partial charge in [0.1, 0.15) is 6.04 Å². The Labute approximate surface area is 135 Å². The van der Waals surface area contributed by atoms with Gasteiger partial charge in [-0.05, 0) is 51.1 Å². The maximum absolute atomic E-state index is 11.7.